The van der Waals surface area contributed by atoms with E-state index in [4.69, 9.17) is 9.47 Å². The summed E-state index contributed by atoms with van der Waals surface area (Å²) in [5.74, 6) is -1.54. The second kappa shape index (κ2) is 10.0. The van der Waals surface area contributed by atoms with Gasteiger partial charge in [0.15, 0.2) is 11.5 Å². The highest BCUT2D eigenvalue weighted by molar-refractivity contribution is 8.00. The maximum absolute atomic E-state index is 13.8. The molecule has 10 heteroatoms. The molecular formula is C29H23FN2O5S2. The van der Waals surface area contributed by atoms with Crippen LogP contribution in [0.5, 0.6) is 11.5 Å². The van der Waals surface area contributed by atoms with Crippen LogP contribution >= 0.6 is 23.1 Å². The van der Waals surface area contributed by atoms with E-state index in [0.29, 0.717) is 33.7 Å². The number of hydrogen-bond acceptors (Lipinski definition) is 7. The summed E-state index contributed by atoms with van der Waals surface area (Å²) in [6, 6.07) is 18.7. The van der Waals surface area contributed by atoms with Crippen molar-refractivity contribution >= 4 is 40.6 Å². The third kappa shape index (κ3) is 4.43. The van der Waals surface area contributed by atoms with Crippen molar-refractivity contribution < 1.29 is 23.5 Å². The van der Waals surface area contributed by atoms with Crippen LogP contribution in [-0.4, -0.2) is 29.2 Å². The van der Waals surface area contributed by atoms with Crippen LogP contribution in [0.25, 0.3) is 0 Å². The summed E-state index contributed by atoms with van der Waals surface area (Å²) < 4.78 is 25.3. The number of aromatic nitrogens is 1. The number of carbonyl (C=O) groups excluding carboxylic acids is 2. The molecule has 7 nitrogen and oxygen atoms in total. The Morgan fingerprint density at radius 3 is 2.49 bits per heavy atom. The first-order valence-electron chi connectivity index (χ1n) is 12.2. The molecule has 1 N–H and O–H groups in total. The molecule has 0 aliphatic carbocycles. The quantitative estimate of drug-likeness (QED) is 0.322. The summed E-state index contributed by atoms with van der Waals surface area (Å²) in [5, 5.41) is -0.162. The zero-order chi connectivity index (χ0) is 27.3. The van der Waals surface area contributed by atoms with Crippen LogP contribution in [0.4, 0.5) is 10.1 Å². The van der Waals surface area contributed by atoms with Crippen LogP contribution < -0.4 is 19.2 Å². The Labute approximate surface area is 231 Å². The van der Waals surface area contributed by atoms with Gasteiger partial charge in [0.1, 0.15) is 17.7 Å². The van der Waals surface area contributed by atoms with Crippen LogP contribution in [0.2, 0.25) is 0 Å². The highest BCUT2D eigenvalue weighted by Crippen LogP contribution is 2.53. The molecular weight excluding hydrogens is 539 g/mol. The number of nitrogens with one attached hydrogen (secondary N) is 1. The number of rotatable bonds is 6. The number of hydrogen-bond donors (Lipinski definition) is 1. The largest absolute Gasteiger partial charge is 0.493 e. The Morgan fingerprint density at radius 2 is 1.74 bits per heavy atom. The third-order valence-electron chi connectivity index (χ3n) is 7.10. The van der Waals surface area contributed by atoms with Gasteiger partial charge in [-0.3, -0.25) is 14.4 Å². The lowest BCUT2D eigenvalue weighted by molar-refractivity contribution is -0.122. The molecule has 0 bridgehead atoms. The average Bonchev–Trinajstić information content (AvgIpc) is 3.43. The van der Waals surface area contributed by atoms with Gasteiger partial charge in [0, 0.05) is 10.8 Å². The fourth-order valence-corrected chi connectivity index (χ4v) is 7.66. The Balaban J connectivity index is 1.38. The van der Waals surface area contributed by atoms with Crippen molar-refractivity contribution in [2.45, 2.75) is 29.7 Å². The number of imide groups is 1. The lowest BCUT2D eigenvalue weighted by atomic mass is 9.83. The number of nitrogens with zero attached hydrogens (tertiary/aromatic N) is 1. The molecule has 0 spiro atoms. The fraction of sp³-hybridized carbons (Fsp3) is 0.207. The van der Waals surface area contributed by atoms with Crippen LogP contribution in [0.1, 0.15) is 27.5 Å². The van der Waals surface area contributed by atoms with E-state index in [2.05, 4.69) is 4.98 Å². The highest BCUT2D eigenvalue weighted by atomic mass is 32.2. The van der Waals surface area contributed by atoms with E-state index in [1.807, 2.05) is 37.3 Å². The monoisotopic (exact) mass is 562 g/mol. The number of amides is 2. The topological polar surface area (TPSA) is 88.7 Å². The van der Waals surface area contributed by atoms with Crippen molar-refractivity contribution in [2.24, 2.45) is 5.92 Å². The van der Waals surface area contributed by atoms with Crippen LogP contribution in [0, 0.1) is 18.7 Å². The second-order valence-corrected chi connectivity index (χ2v) is 11.5. The van der Waals surface area contributed by atoms with Gasteiger partial charge in [-0.25, -0.2) is 9.29 Å². The molecule has 6 rings (SSSR count). The molecule has 2 aliphatic rings. The minimum Gasteiger partial charge on any atom is -0.493 e. The molecule has 3 atom stereocenters. The molecule has 2 aliphatic heterocycles. The molecule has 3 heterocycles. The first-order valence-corrected chi connectivity index (χ1v) is 13.9. The number of fused-ring (bicyclic) bond motifs is 2. The first kappa shape index (κ1) is 25.4. The number of halogens is 1. The lowest BCUT2D eigenvalue weighted by Gasteiger charge is -2.30. The van der Waals surface area contributed by atoms with Crippen molar-refractivity contribution in [1.82, 2.24) is 4.98 Å². The van der Waals surface area contributed by atoms with Crippen molar-refractivity contribution in [1.29, 1.82) is 0 Å². The number of aryl methyl sites for hydroxylation is 1. The number of anilines is 1. The normalized spacial score (nSPS) is 20.1. The summed E-state index contributed by atoms with van der Waals surface area (Å²) in [5.41, 5.74) is 3.20. The average molecular weight is 563 g/mol. The standard InChI is InChI=1S/C29H23FN2O5S2/c1-15-5-3-4-6-17(15)14-37-20-12-7-16(13-21(20)36-2)22-23-25(38-26-24(22)39-29(35)31-26)28(34)32(27(23)33)19-10-8-18(30)9-11-19/h3-13,22-23,25H,14H2,1-2H3,(H,31,35)/t22-,23?,25?/m1/s1. The molecule has 3 aromatic carbocycles. The van der Waals surface area contributed by atoms with Gasteiger partial charge in [-0.05, 0) is 60.0 Å². The van der Waals surface area contributed by atoms with Crippen LogP contribution in [0.3, 0.4) is 0 Å². The number of H-pyrrole nitrogens is 1. The van der Waals surface area contributed by atoms with E-state index in [-0.39, 0.29) is 10.8 Å². The molecule has 1 saturated heterocycles. The Morgan fingerprint density at radius 1 is 0.974 bits per heavy atom. The van der Waals surface area contributed by atoms with Crippen molar-refractivity contribution in [3.8, 4) is 11.5 Å². The molecule has 0 saturated carbocycles. The number of methoxy groups -OCH3 is 1. The molecule has 4 aromatic rings. The minimum atomic E-state index is -0.755. The minimum absolute atomic E-state index is 0.252. The molecule has 1 aromatic heterocycles. The number of aromatic amines is 1. The Kier molecular flexibility index (Phi) is 6.52. The van der Waals surface area contributed by atoms with E-state index in [1.54, 1.807) is 19.2 Å². The predicted octanol–water partition coefficient (Wildman–Crippen LogP) is 5.27. The molecule has 198 valence electrons. The SMILES string of the molecule is COc1cc([C@H]2c3sc(=O)[nH]c3SC3C(=O)N(c4ccc(F)cc4)C(=O)C32)ccc1OCc1ccccc1C. The molecule has 1 fully saturated rings. The smallest absolute Gasteiger partial charge is 0.305 e. The lowest BCUT2D eigenvalue weighted by Crippen LogP contribution is -2.32. The van der Waals surface area contributed by atoms with E-state index in [9.17, 15) is 18.8 Å². The summed E-state index contributed by atoms with van der Waals surface area (Å²) in [6.45, 7) is 2.38. The maximum atomic E-state index is 13.8. The van der Waals surface area contributed by atoms with Gasteiger partial charge in [-0.1, -0.05) is 53.4 Å². The summed E-state index contributed by atoms with van der Waals surface area (Å²) in [7, 11) is 1.54. The fourth-order valence-electron chi connectivity index (χ4n) is 5.15. The number of benzene rings is 3. The molecule has 2 amide bonds. The highest BCUT2D eigenvalue weighted by Gasteiger charge is 2.56. The zero-order valence-electron chi connectivity index (χ0n) is 21.0. The third-order valence-corrected chi connectivity index (χ3v) is 9.50. The summed E-state index contributed by atoms with van der Waals surface area (Å²) >= 11 is 2.23. The van der Waals surface area contributed by atoms with Crippen molar-refractivity contribution in [3.05, 3.63) is 104 Å². The number of ether oxygens (including phenoxy) is 2. The molecule has 0 radical (unpaired) electrons. The summed E-state index contributed by atoms with van der Waals surface area (Å²) in [4.78, 5) is 44.1. The van der Waals surface area contributed by atoms with Gasteiger partial charge in [0.2, 0.25) is 11.8 Å². The zero-order valence-corrected chi connectivity index (χ0v) is 22.6. The van der Waals surface area contributed by atoms with Crippen molar-refractivity contribution in [3.63, 3.8) is 0 Å². The van der Waals surface area contributed by atoms with Crippen LogP contribution in [0.15, 0.2) is 76.6 Å². The van der Waals surface area contributed by atoms with Gasteiger partial charge in [0.25, 0.3) is 0 Å². The van der Waals surface area contributed by atoms with E-state index < -0.39 is 28.8 Å². The predicted molar refractivity (Wildman–Crippen MR) is 147 cm³/mol. The second-order valence-electron chi connectivity index (χ2n) is 9.36. The Bertz CT molecular complexity index is 1650. The number of carbonyl (C=O) groups is 2. The number of thioether (sulfide) groups is 1. The van der Waals surface area contributed by atoms with E-state index >= 15 is 0 Å². The van der Waals surface area contributed by atoms with Crippen molar-refractivity contribution in [2.75, 3.05) is 12.0 Å². The molecule has 39 heavy (non-hydrogen) atoms. The van der Waals surface area contributed by atoms with Gasteiger partial charge in [0.05, 0.1) is 23.7 Å². The van der Waals surface area contributed by atoms with Crippen LogP contribution in [-0.2, 0) is 16.2 Å². The summed E-state index contributed by atoms with van der Waals surface area (Å²) in [6.07, 6.45) is 0. The van der Waals surface area contributed by atoms with Gasteiger partial charge in [-0.15, -0.1) is 0 Å². The van der Waals surface area contributed by atoms with Gasteiger partial charge >= 0.3 is 4.87 Å². The van der Waals surface area contributed by atoms with Gasteiger partial charge < -0.3 is 14.5 Å². The van der Waals surface area contributed by atoms with E-state index in [0.717, 1.165) is 32.9 Å². The first-order chi connectivity index (χ1) is 18.9. The number of thiazole rings is 1. The maximum Gasteiger partial charge on any atom is 0.305 e. The van der Waals surface area contributed by atoms with E-state index in [1.165, 1.54) is 36.0 Å². The van der Waals surface area contributed by atoms with Gasteiger partial charge in [-0.2, -0.15) is 0 Å². The molecule has 2 unspecified atom stereocenters. The Hall–Kier alpha value is -3.89.